The Morgan fingerprint density at radius 1 is 1.12 bits per heavy atom. The van der Waals surface area contributed by atoms with Crippen molar-refractivity contribution < 1.29 is 35.5 Å². The van der Waals surface area contributed by atoms with Gasteiger partial charge in [0, 0.05) is 25.8 Å². The Kier molecular flexibility index (Phi) is 11.5. The number of aromatic nitrogens is 1. The average molecular weight is 516 g/mol. The summed E-state index contributed by atoms with van der Waals surface area (Å²) < 4.78 is 88.0. The van der Waals surface area contributed by atoms with Gasteiger partial charge in [-0.2, -0.15) is 17.9 Å². The van der Waals surface area contributed by atoms with Crippen LogP contribution >= 0.6 is 12.4 Å². The number of benzene rings is 1. The Bertz CT molecular complexity index is 945. The van der Waals surface area contributed by atoms with E-state index < -0.39 is 34.2 Å². The van der Waals surface area contributed by atoms with Gasteiger partial charge in [0.05, 0.1) is 19.1 Å². The van der Waals surface area contributed by atoms with Crippen LogP contribution in [0.3, 0.4) is 0 Å². The summed E-state index contributed by atoms with van der Waals surface area (Å²) in [5, 5.41) is 3.12. The van der Waals surface area contributed by atoms with Crippen LogP contribution in [0.4, 0.5) is 17.6 Å². The Morgan fingerprint density at radius 3 is 2.30 bits per heavy atom. The van der Waals surface area contributed by atoms with Crippen LogP contribution in [-0.2, 0) is 21.3 Å². The molecule has 0 radical (unpaired) electrons. The van der Waals surface area contributed by atoms with Crippen molar-refractivity contribution in [3.05, 3.63) is 59.5 Å². The molecule has 2 N–H and O–H groups in total. The average Bonchev–Trinajstić information content (AvgIpc) is 2.71. The molecule has 1 heterocycles. The minimum absolute atomic E-state index is 0. The van der Waals surface area contributed by atoms with Crippen LogP contribution in [0.15, 0.2) is 42.6 Å². The van der Waals surface area contributed by atoms with Crippen LogP contribution < -0.4 is 14.8 Å². The second-order valence-electron chi connectivity index (χ2n) is 6.95. The van der Waals surface area contributed by atoms with Crippen LogP contribution in [0.5, 0.6) is 5.88 Å². The number of rotatable bonds is 12. The smallest absolute Gasteiger partial charge is 0.408 e. The molecule has 0 aliphatic heterocycles. The third-order valence-electron chi connectivity index (χ3n) is 4.17. The van der Waals surface area contributed by atoms with Gasteiger partial charge >= 0.3 is 6.18 Å². The highest BCUT2D eigenvalue weighted by Crippen LogP contribution is 2.33. The van der Waals surface area contributed by atoms with Crippen molar-refractivity contribution in [2.24, 2.45) is 0 Å². The third-order valence-corrected chi connectivity index (χ3v) is 4.83. The molecule has 0 aliphatic carbocycles. The zero-order valence-electron chi connectivity index (χ0n) is 17.9. The molecule has 0 unspecified atom stereocenters. The van der Waals surface area contributed by atoms with E-state index in [2.05, 4.69) is 10.3 Å². The molecule has 0 spiro atoms. The summed E-state index contributed by atoms with van der Waals surface area (Å²) in [6, 6.07) is 5.70. The van der Waals surface area contributed by atoms with Crippen molar-refractivity contribution in [3.8, 4) is 5.88 Å². The first-order valence-corrected chi connectivity index (χ1v) is 11.6. The number of alkyl halides is 3. The van der Waals surface area contributed by atoms with E-state index in [-0.39, 0.29) is 30.5 Å². The number of hydrogen-bond acceptors (Lipinski definition) is 6. The second-order valence-corrected chi connectivity index (χ2v) is 8.73. The first kappa shape index (κ1) is 29.0. The summed E-state index contributed by atoms with van der Waals surface area (Å²) in [4.78, 5) is 3.84. The number of pyridine rings is 1. The third kappa shape index (κ3) is 10.7. The second kappa shape index (κ2) is 13.0. The molecule has 0 bridgehead atoms. The highest BCUT2D eigenvalue weighted by Gasteiger charge is 2.42. The molecule has 13 heteroatoms. The fourth-order valence-electron chi connectivity index (χ4n) is 2.73. The summed E-state index contributed by atoms with van der Waals surface area (Å²) in [5.41, 5.74) is 0.468. The van der Waals surface area contributed by atoms with E-state index in [1.807, 2.05) is 6.92 Å². The van der Waals surface area contributed by atoms with Crippen molar-refractivity contribution in [2.45, 2.75) is 31.8 Å². The van der Waals surface area contributed by atoms with Crippen molar-refractivity contribution in [1.82, 2.24) is 15.0 Å². The number of nitrogens with one attached hydrogen (secondary N) is 2. The van der Waals surface area contributed by atoms with Gasteiger partial charge in [0.2, 0.25) is 15.9 Å². The highest BCUT2D eigenvalue weighted by molar-refractivity contribution is 7.88. The summed E-state index contributed by atoms with van der Waals surface area (Å²) in [6.07, 6.45) is -3.50. The van der Waals surface area contributed by atoms with Gasteiger partial charge in [-0.05, 0) is 24.1 Å². The SMILES string of the molecule is CCOC[C@H](CNCc1ccc([C@H](NS(C)(=O)=O)C(F)(F)F)cc1)Oc1ccc(F)cn1.Cl. The molecular formula is C20H26ClF4N3O4S. The number of hydrogen-bond donors (Lipinski definition) is 2. The largest absolute Gasteiger partial charge is 0.471 e. The first-order valence-electron chi connectivity index (χ1n) is 9.67. The molecule has 0 saturated heterocycles. The highest BCUT2D eigenvalue weighted by atomic mass is 35.5. The predicted molar refractivity (Wildman–Crippen MR) is 117 cm³/mol. The lowest BCUT2D eigenvalue weighted by molar-refractivity contribution is -0.153. The van der Waals surface area contributed by atoms with Crippen LogP contribution in [0.25, 0.3) is 0 Å². The topological polar surface area (TPSA) is 89.6 Å². The normalized spacial score (nSPS) is 13.8. The van der Waals surface area contributed by atoms with Gasteiger partial charge in [-0.3, -0.25) is 0 Å². The first-order chi connectivity index (χ1) is 15.0. The molecule has 2 rings (SSSR count). The zero-order chi connectivity index (χ0) is 23.8. The standard InChI is InChI=1S/C20H25F4N3O4S.ClH/c1-3-30-13-17(31-18-9-8-16(21)11-26-18)12-25-10-14-4-6-15(7-5-14)19(20(22,23)24)27-32(2,28)29;/h4-9,11,17,19,25,27H,3,10,12-13H2,1-2H3;1H/t17-,19-;/m0./s1. The molecule has 2 aromatic rings. The molecule has 1 aromatic carbocycles. The molecule has 7 nitrogen and oxygen atoms in total. The van der Waals surface area contributed by atoms with Gasteiger partial charge in [-0.25, -0.2) is 17.8 Å². The number of sulfonamides is 1. The summed E-state index contributed by atoms with van der Waals surface area (Å²) >= 11 is 0. The molecule has 0 saturated carbocycles. The van der Waals surface area contributed by atoms with E-state index in [4.69, 9.17) is 9.47 Å². The monoisotopic (exact) mass is 515 g/mol. The number of ether oxygens (including phenoxy) is 2. The quantitative estimate of drug-likeness (QED) is 0.421. The Labute approximate surface area is 196 Å². The molecule has 1 aromatic heterocycles. The van der Waals surface area contributed by atoms with Crippen molar-refractivity contribution in [2.75, 3.05) is 26.0 Å². The maximum absolute atomic E-state index is 13.2. The fraction of sp³-hybridized carbons (Fsp3) is 0.450. The molecular weight excluding hydrogens is 490 g/mol. The summed E-state index contributed by atoms with van der Waals surface area (Å²) in [5.74, 6) is -0.251. The van der Waals surface area contributed by atoms with E-state index in [9.17, 15) is 26.0 Å². The maximum Gasteiger partial charge on any atom is 0.408 e. The minimum atomic E-state index is -4.78. The van der Waals surface area contributed by atoms with Gasteiger partial charge in [-0.1, -0.05) is 24.3 Å². The van der Waals surface area contributed by atoms with E-state index >= 15 is 0 Å². The Morgan fingerprint density at radius 2 is 1.79 bits per heavy atom. The number of nitrogens with zero attached hydrogens (tertiary/aromatic N) is 1. The van der Waals surface area contributed by atoms with Crippen molar-refractivity contribution in [1.29, 1.82) is 0 Å². The van der Waals surface area contributed by atoms with Gasteiger partial charge in [0.25, 0.3) is 0 Å². The van der Waals surface area contributed by atoms with Gasteiger partial charge in [-0.15, -0.1) is 12.4 Å². The van der Waals surface area contributed by atoms with Gasteiger partial charge in [0.15, 0.2) is 0 Å². The fourth-order valence-corrected chi connectivity index (χ4v) is 3.43. The van der Waals surface area contributed by atoms with E-state index in [0.717, 1.165) is 6.20 Å². The Hall–Kier alpha value is -1.99. The lowest BCUT2D eigenvalue weighted by Gasteiger charge is -2.21. The van der Waals surface area contributed by atoms with Crippen LogP contribution in [0.2, 0.25) is 0 Å². The molecule has 33 heavy (non-hydrogen) atoms. The molecule has 0 fully saturated rings. The Balaban J connectivity index is 0.00000544. The molecule has 0 aliphatic rings. The van der Waals surface area contributed by atoms with Gasteiger partial charge < -0.3 is 14.8 Å². The number of halogens is 5. The van der Waals surface area contributed by atoms with Crippen LogP contribution in [-0.4, -0.2) is 51.7 Å². The van der Waals surface area contributed by atoms with Crippen molar-refractivity contribution >= 4 is 22.4 Å². The lowest BCUT2D eigenvalue weighted by Crippen LogP contribution is -2.37. The summed E-state index contributed by atoms with van der Waals surface area (Å²) in [6.45, 7) is 3.21. The molecule has 186 valence electrons. The molecule has 0 amide bonds. The van der Waals surface area contributed by atoms with Gasteiger partial charge in [0.1, 0.15) is 18.0 Å². The lowest BCUT2D eigenvalue weighted by atomic mass is 10.1. The van der Waals surface area contributed by atoms with Crippen molar-refractivity contribution in [3.63, 3.8) is 0 Å². The van der Waals surface area contributed by atoms with E-state index in [0.29, 0.717) is 31.5 Å². The van der Waals surface area contributed by atoms with E-state index in [1.165, 1.54) is 36.4 Å². The minimum Gasteiger partial charge on any atom is -0.471 e. The van der Waals surface area contributed by atoms with Crippen LogP contribution in [0, 0.1) is 5.82 Å². The summed E-state index contributed by atoms with van der Waals surface area (Å²) in [7, 11) is -4.06. The van der Waals surface area contributed by atoms with Crippen LogP contribution in [0.1, 0.15) is 24.1 Å². The zero-order valence-corrected chi connectivity index (χ0v) is 19.6. The predicted octanol–water partition coefficient (Wildman–Crippen LogP) is 3.37. The van der Waals surface area contributed by atoms with E-state index in [1.54, 1.807) is 4.72 Å². The molecule has 2 atom stereocenters. The maximum atomic E-state index is 13.2.